The van der Waals surface area contributed by atoms with Gasteiger partial charge in [-0.25, -0.2) is 0 Å². The molecule has 3 nitrogen and oxygen atoms in total. The third kappa shape index (κ3) is 3.95. The van der Waals surface area contributed by atoms with E-state index >= 15 is 0 Å². The molecule has 0 saturated carbocycles. The zero-order valence-corrected chi connectivity index (χ0v) is 9.84. The molecule has 0 aliphatic heterocycles. The summed E-state index contributed by atoms with van der Waals surface area (Å²) in [4.78, 5) is 0. The fourth-order valence-corrected chi connectivity index (χ4v) is 2.53. The summed E-state index contributed by atoms with van der Waals surface area (Å²) in [6, 6.07) is 0. The molecule has 0 bridgehead atoms. The van der Waals surface area contributed by atoms with Crippen molar-refractivity contribution in [3.63, 3.8) is 0 Å². The predicted molar refractivity (Wildman–Crippen MR) is 59.6 cm³/mol. The molecule has 1 aromatic rings. The fourth-order valence-electron chi connectivity index (χ4n) is 0.729. The second-order valence-corrected chi connectivity index (χ2v) is 5.35. The van der Waals surface area contributed by atoms with Crippen LogP contribution in [-0.2, 0) is 0 Å². The molecule has 0 unspecified atom stereocenters. The highest BCUT2D eigenvalue weighted by molar-refractivity contribution is 8.01. The number of anilines is 1. The van der Waals surface area contributed by atoms with Crippen LogP contribution in [0, 0.1) is 5.92 Å². The summed E-state index contributed by atoms with van der Waals surface area (Å²) in [5, 5.41) is 12.2. The lowest BCUT2D eigenvalue weighted by Gasteiger charge is -1.99. The lowest BCUT2D eigenvalue weighted by molar-refractivity contribution is 0.749. The Morgan fingerprint density at radius 1 is 1.46 bits per heavy atom. The number of rotatable bonds is 5. The SMILES string of the molecule is CCNc1nnc(SCC(C)C)s1. The number of nitrogens with zero attached hydrogens (tertiary/aromatic N) is 2. The second-order valence-electron chi connectivity index (χ2n) is 3.11. The van der Waals surface area contributed by atoms with Gasteiger partial charge in [0.15, 0.2) is 4.34 Å². The molecule has 1 heterocycles. The molecule has 0 fully saturated rings. The van der Waals surface area contributed by atoms with E-state index in [1.54, 1.807) is 23.1 Å². The van der Waals surface area contributed by atoms with Gasteiger partial charge in [-0.1, -0.05) is 36.9 Å². The van der Waals surface area contributed by atoms with Gasteiger partial charge in [-0.15, -0.1) is 10.2 Å². The van der Waals surface area contributed by atoms with Gasteiger partial charge >= 0.3 is 0 Å². The van der Waals surface area contributed by atoms with E-state index in [0.717, 1.165) is 21.8 Å². The molecule has 0 spiro atoms. The Bertz CT molecular complexity index is 247. The van der Waals surface area contributed by atoms with Crippen molar-refractivity contribution < 1.29 is 0 Å². The molecule has 1 rings (SSSR count). The van der Waals surface area contributed by atoms with Gasteiger partial charge in [0.25, 0.3) is 0 Å². The molecule has 74 valence electrons. The van der Waals surface area contributed by atoms with E-state index in [1.807, 2.05) is 0 Å². The fraction of sp³-hybridized carbons (Fsp3) is 0.750. The molecular formula is C8H15N3S2. The highest BCUT2D eigenvalue weighted by Gasteiger charge is 2.04. The van der Waals surface area contributed by atoms with E-state index in [9.17, 15) is 0 Å². The van der Waals surface area contributed by atoms with Gasteiger partial charge < -0.3 is 5.32 Å². The van der Waals surface area contributed by atoms with Gasteiger partial charge in [0, 0.05) is 12.3 Å². The summed E-state index contributed by atoms with van der Waals surface area (Å²) < 4.78 is 1.06. The number of hydrogen-bond donors (Lipinski definition) is 1. The molecule has 5 heteroatoms. The second kappa shape index (κ2) is 5.44. The average molecular weight is 217 g/mol. The van der Waals surface area contributed by atoms with E-state index in [2.05, 4.69) is 36.3 Å². The molecule has 0 aliphatic rings. The van der Waals surface area contributed by atoms with Crippen molar-refractivity contribution >= 4 is 28.2 Å². The van der Waals surface area contributed by atoms with Gasteiger partial charge in [0.1, 0.15) is 0 Å². The maximum Gasteiger partial charge on any atom is 0.206 e. The molecule has 13 heavy (non-hydrogen) atoms. The molecule has 0 aromatic carbocycles. The van der Waals surface area contributed by atoms with Crippen molar-refractivity contribution in [1.82, 2.24) is 10.2 Å². The van der Waals surface area contributed by atoms with Gasteiger partial charge in [-0.2, -0.15) is 0 Å². The van der Waals surface area contributed by atoms with Crippen molar-refractivity contribution in [3.05, 3.63) is 0 Å². The first-order valence-electron chi connectivity index (χ1n) is 4.42. The molecule has 0 amide bonds. The normalized spacial score (nSPS) is 10.8. The van der Waals surface area contributed by atoms with E-state index in [0.29, 0.717) is 5.92 Å². The van der Waals surface area contributed by atoms with Crippen molar-refractivity contribution in [2.75, 3.05) is 17.6 Å². The van der Waals surface area contributed by atoms with Crippen LogP contribution >= 0.6 is 23.1 Å². The summed E-state index contributed by atoms with van der Waals surface area (Å²) >= 11 is 3.41. The zero-order valence-electron chi connectivity index (χ0n) is 8.20. The van der Waals surface area contributed by atoms with Crippen LogP contribution in [0.3, 0.4) is 0 Å². The van der Waals surface area contributed by atoms with Gasteiger partial charge in [-0.3, -0.25) is 0 Å². The number of hydrogen-bond acceptors (Lipinski definition) is 5. The first-order chi connectivity index (χ1) is 6.22. The lowest BCUT2D eigenvalue weighted by Crippen LogP contribution is -1.94. The Morgan fingerprint density at radius 2 is 2.23 bits per heavy atom. The molecule has 1 N–H and O–H groups in total. The minimum absolute atomic E-state index is 0.705. The smallest absolute Gasteiger partial charge is 0.206 e. The maximum atomic E-state index is 4.08. The Hall–Kier alpha value is -0.290. The minimum atomic E-state index is 0.705. The summed E-state index contributed by atoms with van der Waals surface area (Å²) in [6.07, 6.45) is 0. The quantitative estimate of drug-likeness (QED) is 0.770. The molecule has 0 saturated heterocycles. The van der Waals surface area contributed by atoms with Crippen LogP contribution in [0.4, 0.5) is 5.13 Å². The van der Waals surface area contributed by atoms with Crippen molar-refractivity contribution in [1.29, 1.82) is 0 Å². The third-order valence-corrected chi connectivity index (χ3v) is 3.72. The van der Waals surface area contributed by atoms with Crippen molar-refractivity contribution in [2.45, 2.75) is 25.1 Å². The summed E-state index contributed by atoms with van der Waals surface area (Å²) in [6.45, 7) is 7.38. The Kier molecular flexibility index (Phi) is 4.52. The lowest BCUT2D eigenvalue weighted by atomic mass is 10.3. The minimum Gasteiger partial charge on any atom is -0.360 e. The van der Waals surface area contributed by atoms with E-state index in [4.69, 9.17) is 0 Å². The van der Waals surface area contributed by atoms with E-state index < -0.39 is 0 Å². The predicted octanol–water partition coefficient (Wildman–Crippen LogP) is 2.72. The van der Waals surface area contributed by atoms with Crippen LogP contribution in [0.1, 0.15) is 20.8 Å². The van der Waals surface area contributed by atoms with Crippen LogP contribution in [0.25, 0.3) is 0 Å². The molecular weight excluding hydrogens is 202 g/mol. The molecule has 0 aliphatic carbocycles. The van der Waals surface area contributed by atoms with Gasteiger partial charge in [0.05, 0.1) is 0 Å². The molecule has 0 atom stereocenters. The van der Waals surface area contributed by atoms with E-state index in [-0.39, 0.29) is 0 Å². The maximum absolute atomic E-state index is 4.08. The van der Waals surface area contributed by atoms with Crippen molar-refractivity contribution in [2.24, 2.45) is 5.92 Å². The average Bonchev–Trinajstić information content (AvgIpc) is 2.50. The summed E-state index contributed by atoms with van der Waals surface area (Å²) in [5.74, 6) is 1.82. The van der Waals surface area contributed by atoms with Gasteiger partial charge in [0.2, 0.25) is 5.13 Å². The Morgan fingerprint density at radius 3 is 2.85 bits per heavy atom. The van der Waals surface area contributed by atoms with Gasteiger partial charge in [-0.05, 0) is 12.8 Å². The molecule has 1 aromatic heterocycles. The van der Waals surface area contributed by atoms with Crippen LogP contribution < -0.4 is 5.32 Å². The standard InChI is InChI=1S/C8H15N3S2/c1-4-9-7-10-11-8(13-7)12-5-6(2)3/h6H,4-5H2,1-3H3,(H,9,10). The summed E-state index contributed by atoms with van der Waals surface area (Å²) in [7, 11) is 0. The van der Waals surface area contributed by atoms with Crippen molar-refractivity contribution in [3.8, 4) is 0 Å². The van der Waals surface area contributed by atoms with Crippen LogP contribution in [-0.4, -0.2) is 22.5 Å². The van der Waals surface area contributed by atoms with Crippen LogP contribution in [0.15, 0.2) is 4.34 Å². The summed E-state index contributed by atoms with van der Waals surface area (Å²) in [5.41, 5.74) is 0. The van der Waals surface area contributed by atoms with Crippen LogP contribution in [0.5, 0.6) is 0 Å². The highest BCUT2D eigenvalue weighted by atomic mass is 32.2. The van der Waals surface area contributed by atoms with E-state index in [1.165, 1.54) is 0 Å². The first kappa shape index (κ1) is 10.8. The monoisotopic (exact) mass is 217 g/mol. The largest absolute Gasteiger partial charge is 0.360 e. The molecule has 0 radical (unpaired) electrons. The first-order valence-corrected chi connectivity index (χ1v) is 6.22. The highest BCUT2D eigenvalue weighted by Crippen LogP contribution is 2.26. The third-order valence-electron chi connectivity index (χ3n) is 1.27. The number of nitrogens with one attached hydrogen (secondary N) is 1. The Balaban J connectivity index is 2.39. The van der Waals surface area contributed by atoms with Crippen LogP contribution in [0.2, 0.25) is 0 Å². The Labute approximate surface area is 87.3 Å². The number of thioether (sulfide) groups is 1. The zero-order chi connectivity index (χ0) is 9.68. The topological polar surface area (TPSA) is 37.8 Å². The number of aromatic nitrogens is 2.